The molecule has 0 unspecified atom stereocenters. The minimum absolute atomic E-state index is 0.149. The van der Waals surface area contributed by atoms with Gasteiger partial charge in [-0.2, -0.15) is 0 Å². The predicted octanol–water partition coefficient (Wildman–Crippen LogP) is 5.10. The molecule has 30 heavy (non-hydrogen) atoms. The van der Waals surface area contributed by atoms with E-state index in [1.165, 1.54) is 0 Å². The number of nitrogens with zero attached hydrogens (tertiary/aromatic N) is 1. The first-order valence-electron chi connectivity index (χ1n) is 10.8. The summed E-state index contributed by atoms with van der Waals surface area (Å²) in [5, 5.41) is 0.690. The molecule has 1 saturated carbocycles. The Morgan fingerprint density at radius 1 is 1.03 bits per heavy atom. The highest BCUT2D eigenvalue weighted by Gasteiger charge is 2.50. The third-order valence-corrected chi connectivity index (χ3v) is 7.47. The highest BCUT2D eigenvalue weighted by molar-refractivity contribution is 6.30. The molecule has 156 valence electrons. The summed E-state index contributed by atoms with van der Waals surface area (Å²) >= 11 is 6.05. The first-order valence-corrected chi connectivity index (χ1v) is 11.2. The minimum atomic E-state index is -0.483. The van der Waals surface area contributed by atoms with Gasteiger partial charge in [-0.3, -0.25) is 9.59 Å². The molecule has 2 aromatic carbocycles. The van der Waals surface area contributed by atoms with Gasteiger partial charge in [0.2, 0.25) is 5.91 Å². The number of rotatable bonds is 2. The van der Waals surface area contributed by atoms with E-state index in [4.69, 9.17) is 16.3 Å². The zero-order valence-corrected chi connectivity index (χ0v) is 18.0. The number of Topliss-reactive ketones (excluding diaryl/α,β-unsaturated/α-hetero) is 1. The Hall–Kier alpha value is -2.33. The summed E-state index contributed by atoms with van der Waals surface area (Å²) in [6.45, 7) is 3.24. The molecule has 2 fully saturated rings. The number of amides is 1. The van der Waals surface area contributed by atoms with Crippen molar-refractivity contribution in [1.29, 1.82) is 0 Å². The first kappa shape index (κ1) is 19.6. The van der Waals surface area contributed by atoms with Crippen LogP contribution in [-0.2, 0) is 10.2 Å². The second-order valence-corrected chi connectivity index (χ2v) is 9.56. The smallest absolute Gasteiger partial charge is 0.233 e. The summed E-state index contributed by atoms with van der Waals surface area (Å²) in [7, 11) is 0. The van der Waals surface area contributed by atoms with Gasteiger partial charge in [0.1, 0.15) is 11.4 Å². The number of hydrogen-bond acceptors (Lipinski definition) is 3. The van der Waals surface area contributed by atoms with Crippen molar-refractivity contribution in [2.45, 2.75) is 56.5 Å². The molecule has 1 amide bonds. The van der Waals surface area contributed by atoms with E-state index >= 15 is 0 Å². The van der Waals surface area contributed by atoms with E-state index in [0.717, 1.165) is 30.4 Å². The zero-order chi connectivity index (χ0) is 20.9. The molecule has 2 aliphatic heterocycles. The fourth-order valence-corrected chi connectivity index (χ4v) is 5.36. The minimum Gasteiger partial charge on any atom is -0.486 e. The molecule has 2 heterocycles. The molecule has 0 radical (unpaired) electrons. The van der Waals surface area contributed by atoms with Crippen LogP contribution in [0.4, 0.5) is 0 Å². The Labute approximate surface area is 182 Å². The zero-order valence-electron chi connectivity index (χ0n) is 17.2. The maximum Gasteiger partial charge on any atom is 0.233 e. The monoisotopic (exact) mass is 423 g/mol. The summed E-state index contributed by atoms with van der Waals surface area (Å²) in [6.07, 6.45) is 4.62. The van der Waals surface area contributed by atoms with Crippen LogP contribution in [-0.4, -0.2) is 35.3 Å². The maximum atomic E-state index is 13.5. The van der Waals surface area contributed by atoms with E-state index in [0.29, 0.717) is 48.7 Å². The maximum absolute atomic E-state index is 13.5. The Bertz CT molecular complexity index is 1000. The predicted molar refractivity (Wildman–Crippen MR) is 116 cm³/mol. The largest absolute Gasteiger partial charge is 0.486 e. The fraction of sp³-hybridized carbons (Fsp3) is 0.440. The number of ketones is 1. The van der Waals surface area contributed by atoms with Crippen LogP contribution in [0.3, 0.4) is 0 Å². The van der Waals surface area contributed by atoms with Gasteiger partial charge >= 0.3 is 0 Å². The van der Waals surface area contributed by atoms with Crippen molar-refractivity contribution in [3.63, 3.8) is 0 Å². The third-order valence-electron chi connectivity index (χ3n) is 7.22. The molecule has 4 nitrogen and oxygen atoms in total. The highest BCUT2D eigenvalue weighted by atomic mass is 35.5. The van der Waals surface area contributed by atoms with Gasteiger partial charge in [-0.25, -0.2) is 0 Å². The molecule has 0 N–H and O–H groups in total. The lowest BCUT2D eigenvalue weighted by Crippen LogP contribution is -2.57. The van der Waals surface area contributed by atoms with Gasteiger partial charge in [-0.05, 0) is 49.6 Å². The summed E-state index contributed by atoms with van der Waals surface area (Å²) < 4.78 is 6.36. The highest BCUT2D eigenvalue weighted by Crippen LogP contribution is 2.47. The lowest BCUT2D eigenvalue weighted by molar-refractivity contribution is -0.144. The van der Waals surface area contributed by atoms with Crippen molar-refractivity contribution >= 4 is 23.3 Å². The van der Waals surface area contributed by atoms with E-state index in [-0.39, 0.29) is 11.7 Å². The van der Waals surface area contributed by atoms with Crippen LogP contribution in [0, 0.1) is 6.92 Å². The molecule has 1 spiro atoms. The van der Waals surface area contributed by atoms with Crippen molar-refractivity contribution in [2.75, 3.05) is 13.1 Å². The van der Waals surface area contributed by atoms with Crippen LogP contribution in [0.25, 0.3) is 0 Å². The summed E-state index contributed by atoms with van der Waals surface area (Å²) in [5.41, 5.74) is 1.92. The lowest BCUT2D eigenvalue weighted by Gasteiger charge is -2.48. The molecular formula is C25H26ClNO3. The Balaban J connectivity index is 1.32. The number of fused-ring (bicyclic) bond motifs is 1. The fourth-order valence-electron chi connectivity index (χ4n) is 5.23. The number of halogens is 1. The second-order valence-electron chi connectivity index (χ2n) is 9.12. The Morgan fingerprint density at radius 2 is 1.73 bits per heavy atom. The molecule has 2 aromatic rings. The summed E-state index contributed by atoms with van der Waals surface area (Å²) in [5.74, 6) is 1.05. The topological polar surface area (TPSA) is 46.6 Å². The molecule has 0 aromatic heterocycles. The van der Waals surface area contributed by atoms with Gasteiger partial charge in [0.05, 0.1) is 17.4 Å². The number of ether oxygens (including phenoxy) is 1. The Morgan fingerprint density at radius 3 is 2.37 bits per heavy atom. The van der Waals surface area contributed by atoms with Gasteiger partial charge in [0.25, 0.3) is 0 Å². The number of aryl methyl sites for hydroxylation is 1. The average Bonchev–Trinajstić information content (AvgIpc) is 2.70. The first-order chi connectivity index (χ1) is 14.4. The average molecular weight is 424 g/mol. The quantitative estimate of drug-likeness (QED) is 0.675. The molecular weight excluding hydrogens is 398 g/mol. The number of likely N-dealkylation sites (tertiary alicyclic amines) is 1. The van der Waals surface area contributed by atoms with E-state index in [1.807, 2.05) is 54.3 Å². The number of hydrogen-bond donors (Lipinski definition) is 0. The van der Waals surface area contributed by atoms with Crippen molar-refractivity contribution in [3.05, 3.63) is 64.2 Å². The molecule has 0 atom stereocenters. The van der Waals surface area contributed by atoms with Crippen LogP contribution in [0.1, 0.15) is 60.0 Å². The van der Waals surface area contributed by atoms with Crippen molar-refractivity contribution in [1.82, 2.24) is 4.90 Å². The second kappa shape index (κ2) is 7.12. The van der Waals surface area contributed by atoms with Crippen LogP contribution in [0.2, 0.25) is 5.02 Å². The molecule has 5 rings (SSSR count). The van der Waals surface area contributed by atoms with Gasteiger partial charge in [-0.1, -0.05) is 41.8 Å². The third kappa shape index (κ3) is 3.13. The van der Waals surface area contributed by atoms with E-state index in [9.17, 15) is 9.59 Å². The molecule has 1 saturated heterocycles. The van der Waals surface area contributed by atoms with Gasteiger partial charge in [-0.15, -0.1) is 0 Å². The van der Waals surface area contributed by atoms with Crippen LogP contribution in [0.5, 0.6) is 5.75 Å². The number of carbonyl (C=O) groups excluding carboxylic acids is 2. The van der Waals surface area contributed by atoms with Crippen molar-refractivity contribution in [3.8, 4) is 5.75 Å². The van der Waals surface area contributed by atoms with Crippen LogP contribution in [0.15, 0.2) is 42.5 Å². The van der Waals surface area contributed by atoms with E-state index in [2.05, 4.69) is 0 Å². The lowest BCUT2D eigenvalue weighted by atomic mass is 9.63. The van der Waals surface area contributed by atoms with E-state index in [1.54, 1.807) is 0 Å². The summed E-state index contributed by atoms with van der Waals surface area (Å²) in [4.78, 5) is 28.3. The number of benzene rings is 2. The number of piperidine rings is 1. The number of carbonyl (C=O) groups is 2. The standard InChI is InChI=1S/C25H26ClNO3/c1-17-3-8-22-20(15-17)21(28)16-24(30-22)11-13-27(14-12-24)23(29)25(9-2-10-25)18-4-6-19(26)7-5-18/h3-8,15H,2,9-14,16H2,1H3. The van der Waals surface area contributed by atoms with E-state index < -0.39 is 11.0 Å². The van der Waals surface area contributed by atoms with Crippen LogP contribution >= 0.6 is 11.6 Å². The molecule has 1 aliphatic carbocycles. The van der Waals surface area contributed by atoms with Gasteiger partial charge in [0, 0.05) is 31.0 Å². The molecule has 5 heteroatoms. The molecule has 0 bridgehead atoms. The van der Waals surface area contributed by atoms with Gasteiger partial charge in [0.15, 0.2) is 5.78 Å². The Kier molecular flexibility index (Phi) is 4.66. The van der Waals surface area contributed by atoms with Gasteiger partial charge < -0.3 is 9.64 Å². The van der Waals surface area contributed by atoms with Crippen molar-refractivity contribution < 1.29 is 14.3 Å². The summed E-state index contributed by atoms with van der Waals surface area (Å²) in [6, 6.07) is 13.5. The van der Waals surface area contributed by atoms with Crippen molar-refractivity contribution in [2.24, 2.45) is 0 Å². The normalized spacial score (nSPS) is 21.5. The SMILES string of the molecule is Cc1ccc2c(c1)C(=O)CC1(CCN(C(=O)C3(c4ccc(Cl)cc4)CCC3)CC1)O2. The van der Waals surface area contributed by atoms with Crippen LogP contribution < -0.4 is 4.74 Å². The molecule has 3 aliphatic rings.